The number of furan rings is 1. The first-order chi connectivity index (χ1) is 19.8. The van der Waals surface area contributed by atoms with Gasteiger partial charge in [0.25, 0.3) is 0 Å². The van der Waals surface area contributed by atoms with Crippen molar-refractivity contribution in [2.45, 2.75) is 6.04 Å². The summed E-state index contributed by atoms with van der Waals surface area (Å²) in [5.74, 6) is -0.430. The zero-order chi connectivity index (χ0) is 26.6. The van der Waals surface area contributed by atoms with Crippen molar-refractivity contribution in [1.29, 1.82) is 5.26 Å². The van der Waals surface area contributed by atoms with Crippen molar-refractivity contribution in [1.82, 2.24) is 9.55 Å². The summed E-state index contributed by atoms with van der Waals surface area (Å²) in [7, 11) is 0. The maximum Gasteiger partial charge on any atom is 0.135 e. The molecule has 0 bridgehead atoms. The number of rotatable bonds is 3. The molecule has 0 saturated carbocycles. The average molecular weight is 514 g/mol. The molecule has 0 fully saturated rings. The van der Waals surface area contributed by atoms with Crippen LogP contribution in [0, 0.1) is 17.2 Å². The van der Waals surface area contributed by atoms with Gasteiger partial charge in [-0.3, -0.25) is 4.98 Å². The fourth-order valence-corrected chi connectivity index (χ4v) is 6.39. The minimum absolute atomic E-state index is 0.259. The zero-order valence-electron chi connectivity index (χ0n) is 21.5. The smallest absolute Gasteiger partial charge is 0.135 e. The summed E-state index contributed by atoms with van der Waals surface area (Å²) in [6.45, 7) is 0. The molecule has 2 atom stereocenters. The molecule has 0 spiro atoms. The fourth-order valence-electron chi connectivity index (χ4n) is 6.39. The molecule has 0 saturated heterocycles. The predicted molar refractivity (Wildman–Crippen MR) is 161 cm³/mol. The van der Waals surface area contributed by atoms with Crippen LogP contribution in [0.15, 0.2) is 132 Å². The van der Waals surface area contributed by atoms with Crippen LogP contribution in [0.4, 0.5) is 0 Å². The largest absolute Gasteiger partial charge is 0.456 e. The predicted octanol–water partition coefficient (Wildman–Crippen LogP) is 8.95. The third-order valence-corrected chi connectivity index (χ3v) is 8.15. The second-order valence-corrected chi connectivity index (χ2v) is 10.3. The Morgan fingerprint density at radius 2 is 1.32 bits per heavy atom. The molecule has 1 aliphatic carbocycles. The molecule has 4 heteroatoms. The van der Waals surface area contributed by atoms with E-state index < -0.39 is 5.92 Å². The van der Waals surface area contributed by atoms with Crippen LogP contribution in [0.5, 0.6) is 0 Å². The Bertz CT molecular complexity index is 2140. The minimum atomic E-state index is -0.430. The van der Waals surface area contributed by atoms with E-state index in [2.05, 4.69) is 101 Å². The van der Waals surface area contributed by atoms with Gasteiger partial charge in [-0.15, -0.1) is 0 Å². The summed E-state index contributed by atoms with van der Waals surface area (Å²) in [6, 6.07) is 37.9. The first kappa shape index (κ1) is 22.6. The third kappa shape index (κ3) is 3.28. The van der Waals surface area contributed by atoms with Crippen LogP contribution in [0.2, 0.25) is 0 Å². The van der Waals surface area contributed by atoms with E-state index in [1.165, 1.54) is 10.8 Å². The Kier molecular flexibility index (Phi) is 4.98. The quantitative estimate of drug-likeness (QED) is 0.237. The summed E-state index contributed by atoms with van der Waals surface area (Å²) in [5.41, 5.74) is 8.07. The lowest BCUT2D eigenvalue weighted by atomic mass is 9.78. The molecule has 7 aromatic rings. The molecule has 0 radical (unpaired) electrons. The molecule has 0 aliphatic heterocycles. The molecule has 4 aromatic carbocycles. The van der Waals surface area contributed by atoms with E-state index >= 15 is 0 Å². The summed E-state index contributed by atoms with van der Waals surface area (Å²) < 4.78 is 8.50. The Balaban J connectivity index is 1.43. The maximum absolute atomic E-state index is 10.8. The van der Waals surface area contributed by atoms with Gasteiger partial charge >= 0.3 is 0 Å². The molecular formula is C36H23N3O. The van der Waals surface area contributed by atoms with E-state index in [0.717, 1.165) is 55.2 Å². The molecule has 4 nitrogen and oxygen atoms in total. The van der Waals surface area contributed by atoms with E-state index in [9.17, 15) is 5.26 Å². The number of hydrogen-bond acceptors (Lipinski definition) is 3. The van der Waals surface area contributed by atoms with Crippen molar-refractivity contribution in [3.63, 3.8) is 0 Å². The highest BCUT2D eigenvalue weighted by atomic mass is 16.3. The molecule has 3 heterocycles. The van der Waals surface area contributed by atoms with Crippen LogP contribution < -0.4 is 0 Å². The lowest BCUT2D eigenvalue weighted by Gasteiger charge is -2.33. The standard InChI is InChI=1S/C36H23N3O/c37-21-31-25(24-8-7-19-38-22-24)16-17-26(23-15-18-35-30(20-23)29-11-3-6-14-34(29)40-35)36(31)39-32-12-4-1-9-27(32)28-10-2-5-13-33(28)39/h1-20,22,31,36H/t31?,36-/m1/s1. The number of allylic oxidation sites excluding steroid dienone is 4. The maximum atomic E-state index is 10.8. The minimum Gasteiger partial charge on any atom is -0.456 e. The molecule has 0 amide bonds. The van der Waals surface area contributed by atoms with Gasteiger partial charge in [-0.2, -0.15) is 5.26 Å². The molecule has 40 heavy (non-hydrogen) atoms. The van der Waals surface area contributed by atoms with Gasteiger partial charge in [-0.05, 0) is 58.7 Å². The number of para-hydroxylation sites is 3. The number of fused-ring (bicyclic) bond motifs is 6. The van der Waals surface area contributed by atoms with Crippen molar-refractivity contribution < 1.29 is 4.42 Å². The van der Waals surface area contributed by atoms with Crippen molar-refractivity contribution >= 4 is 54.9 Å². The molecule has 0 N–H and O–H groups in total. The number of nitriles is 1. The van der Waals surface area contributed by atoms with Crippen molar-refractivity contribution in [3.8, 4) is 6.07 Å². The topological polar surface area (TPSA) is 54.8 Å². The summed E-state index contributed by atoms with van der Waals surface area (Å²) >= 11 is 0. The Hall–Kier alpha value is -5.40. The van der Waals surface area contributed by atoms with Crippen LogP contribution >= 0.6 is 0 Å². The normalized spacial score (nSPS) is 17.3. The first-order valence-corrected chi connectivity index (χ1v) is 13.4. The van der Waals surface area contributed by atoms with Crippen molar-refractivity contribution in [3.05, 3.63) is 139 Å². The molecular weight excluding hydrogens is 490 g/mol. The highest BCUT2D eigenvalue weighted by molar-refractivity contribution is 6.09. The summed E-state index contributed by atoms with van der Waals surface area (Å²) in [6.07, 6.45) is 7.90. The van der Waals surface area contributed by atoms with Gasteiger partial charge < -0.3 is 8.98 Å². The summed E-state index contributed by atoms with van der Waals surface area (Å²) in [4.78, 5) is 4.36. The monoisotopic (exact) mass is 513 g/mol. The van der Waals surface area contributed by atoms with Gasteiger partial charge in [0, 0.05) is 45.0 Å². The Morgan fingerprint density at radius 1 is 0.650 bits per heavy atom. The van der Waals surface area contributed by atoms with Crippen LogP contribution in [0.1, 0.15) is 17.2 Å². The number of aromatic nitrogens is 2. The van der Waals surface area contributed by atoms with Crippen molar-refractivity contribution in [2.24, 2.45) is 5.92 Å². The van der Waals surface area contributed by atoms with Gasteiger partial charge in [0.2, 0.25) is 0 Å². The second-order valence-electron chi connectivity index (χ2n) is 10.3. The highest BCUT2D eigenvalue weighted by Crippen LogP contribution is 2.48. The van der Waals surface area contributed by atoms with Crippen LogP contribution in [-0.2, 0) is 0 Å². The first-order valence-electron chi connectivity index (χ1n) is 13.4. The Morgan fingerprint density at radius 3 is 2.05 bits per heavy atom. The van der Waals surface area contributed by atoms with Gasteiger partial charge in [0.1, 0.15) is 11.2 Å². The van der Waals surface area contributed by atoms with E-state index in [1.54, 1.807) is 6.20 Å². The number of benzene rings is 4. The Labute approximate surface area is 230 Å². The lowest BCUT2D eigenvalue weighted by Crippen LogP contribution is -2.23. The molecule has 3 aromatic heterocycles. The molecule has 188 valence electrons. The van der Waals surface area contributed by atoms with Gasteiger partial charge in [-0.25, -0.2) is 0 Å². The number of hydrogen-bond donors (Lipinski definition) is 0. The van der Waals surface area contributed by atoms with E-state index in [-0.39, 0.29) is 6.04 Å². The average Bonchev–Trinajstić information content (AvgIpc) is 3.56. The number of nitrogens with zero attached hydrogens (tertiary/aromatic N) is 3. The van der Waals surface area contributed by atoms with Gasteiger partial charge in [0.05, 0.1) is 18.0 Å². The second kappa shape index (κ2) is 8.83. The molecule has 8 rings (SSSR count). The van der Waals surface area contributed by atoms with E-state index in [4.69, 9.17) is 4.42 Å². The lowest BCUT2D eigenvalue weighted by molar-refractivity contribution is 0.588. The zero-order valence-corrected chi connectivity index (χ0v) is 21.5. The van der Waals surface area contributed by atoms with E-state index in [1.807, 2.05) is 36.5 Å². The van der Waals surface area contributed by atoms with Gasteiger partial charge in [0.15, 0.2) is 0 Å². The van der Waals surface area contributed by atoms with Crippen LogP contribution in [-0.4, -0.2) is 9.55 Å². The van der Waals surface area contributed by atoms with Crippen molar-refractivity contribution in [2.75, 3.05) is 0 Å². The highest BCUT2D eigenvalue weighted by Gasteiger charge is 2.35. The van der Waals surface area contributed by atoms with Gasteiger partial charge in [-0.1, -0.05) is 78.9 Å². The number of pyridine rings is 1. The fraction of sp³-hybridized carbons (Fsp3) is 0.0556. The third-order valence-electron chi connectivity index (χ3n) is 8.15. The van der Waals surface area contributed by atoms with Crippen LogP contribution in [0.3, 0.4) is 0 Å². The molecule has 1 unspecified atom stereocenters. The summed E-state index contributed by atoms with van der Waals surface area (Å²) in [5, 5.41) is 15.3. The van der Waals surface area contributed by atoms with Crippen LogP contribution in [0.25, 0.3) is 54.9 Å². The molecule has 1 aliphatic rings. The SMILES string of the molecule is N#CC1C(c2cccnc2)=CC=C(c2ccc3oc4ccccc4c3c2)[C@H]1n1c2ccccc2c2ccccc21. The van der Waals surface area contributed by atoms with E-state index in [0.29, 0.717) is 0 Å².